The minimum absolute atomic E-state index is 0.323. The van der Waals surface area contributed by atoms with E-state index in [1.807, 2.05) is 0 Å². The quantitative estimate of drug-likeness (QED) is 0.594. The van der Waals surface area contributed by atoms with Gasteiger partial charge < -0.3 is 0 Å². The predicted octanol–water partition coefficient (Wildman–Crippen LogP) is 0.863. The molecule has 0 spiro atoms. The molecule has 5 heteroatoms. The van der Waals surface area contributed by atoms with Gasteiger partial charge in [-0.2, -0.15) is 4.98 Å². The van der Waals surface area contributed by atoms with Gasteiger partial charge in [-0.25, -0.2) is 9.50 Å². The van der Waals surface area contributed by atoms with Crippen molar-refractivity contribution in [1.82, 2.24) is 19.6 Å². The van der Waals surface area contributed by atoms with Crippen molar-refractivity contribution in [2.24, 2.45) is 0 Å². The largest absolute Gasteiger partial charge is 0.252 e. The zero-order valence-electron chi connectivity index (χ0n) is 5.61. The summed E-state index contributed by atoms with van der Waals surface area (Å²) in [6.07, 6.45) is 3.45. The lowest BCUT2D eigenvalue weighted by Gasteiger charge is -1.83. The molecule has 0 bridgehead atoms. The van der Waals surface area contributed by atoms with Gasteiger partial charge in [0.25, 0.3) is 5.78 Å². The van der Waals surface area contributed by atoms with Gasteiger partial charge in [0.1, 0.15) is 0 Å². The molecule has 0 N–H and O–H groups in total. The van der Waals surface area contributed by atoms with Gasteiger partial charge in [0.15, 0.2) is 5.82 Å². The smallest absolute Gasteiger partial charge is 0.220 e. The van der Waals surface area contributed by atoms with E-state index in [2.05, 4.69) is 15.1 Å². The van der Waals surface area contributed by atoms with Crippen LogP contribution in [0.1, 0.15) is 5.82 Å². The molecule has 2 rings (SSSR count). The molecule has 0 aliphatic rings. The average Bonchev–Trinajstić information content (AvgIpc) is 2.46. The molecule has 0 saturated carbocycles. The summed E-state index contributed by atoms with van der Waals surface area (Å²) in [7, 11) is 0. The molecule has 0 aromatic carbocycles. The van der Waals surface area contributed by atoms with Gasteiger partial charge in [0, 0.05) is 12.4 Å². The van der Waals surface area contributed by atoms with E-state index in [1.54, 1.807) is 23.0 Å². The molecule has 4 nitrogen and oxygen atoms in total. The number of aromatic nitrogens is 4. The second-order valence-corrected chi connectivity index (χ2v) is 2.29. The van der Waals surface area contributed by atoms with E-state index in [4.69, 9.17) is 11.6 Å². The van der Waals surface area contributed by atoms with Crippen molar-refractivity contribution in [3.8, 4) is 0 Å². The maximum absolute atomic E-state index is 5.53. The SMILES string of the molecule is ClCc1nc2ncccn2n1. The highest BCUT2D eigenvalue weighted by Crippen LogP contribution is 1.98. The minimum Gasteiger partial charge on any atom is -0.220 e. The molecule has 0 fully saturated rings. The number of nitrogens with zero attached hydrogens (tertiary/aromatic N) is 4. The van der Waals surface area contributed by atoms with Crippen LogP contribution in [-0.2, 0) is 5.88 Å². The highest BCUT2D eigenvalue weighted by Gasteiger charge is 1.99. The number of alkyl halides is 1. The monoisotopic (exact) mass is 168 g/mol. The maximum Gasteiger partial charge on any atom is 0.252 e. The van der Waals surface area contributed by atoms with Crippen molar-refractivity contribution in [1.29, 1.82) is 0 Å². The first-order valence-corrected chi connectivity index (χ1v) is 3.66. The van der Waals surface area contributed by atoms with Crippen molar-refractivity contribution in [3.63, 3.8) is 0 Å². The Morgan fingerprint density at radius 2 is 2.45 bits per heavy atom. The highest BCUT2D eigenvalue weighted by molar-refractivity contribution is 6.16. The van der Waals surface area contributed by atoms with Crippen LogP contribution in [0, 0.1) is 0 Å². The molecule has 0 saturated heterocycles. The van der Waals surface area contributed by atoms with Crippen LogP contribution in [0.25, 0.3) is 5.78 Å². The molecule has 0 atom stereocenters. The van der Waals surface area contributed by atoms with E-state index in [0.29, 0.717) is 17.5 Å². The number of fused-ring (bicyclic) bond motifs is 1. The molecule has 0 amide bonds. The van der Waals surface area contributed by atoms with E-state index < -0.39 is 0 Å². The van der Waals surface area contributed by atoms with Crippen LogP contribution < -0.4 is 0 Å². The normalized spacial score (nSPS) is 10.6. The van der Waals surface area contributed by atoms with Gasteiger partial charge in [-0.15, -0.1) is 16.7 Å². The van der Waals surface area contributed by atoms with Gasteiger partial charge >= 0.3 is 0 Å². The zero-order chi connectivity index (χ0) is 7.68. The molecule has 0 unspecified atom stereocenters. The molecule has 0 aliphatic carbocycles. The van der Waals surface area contributed by atoms with E-state index >= 15 is 0 Å². The third-order valence-corrected chi connectivity index (χ3v) is 1.52. The van der Waals surface area contributed by atoms with Crippen LogP contribution in [-0.4, -0.2) is 19.6 Å². The summed E-state index contributed by atoms with van der Waals surface area (Å²) < 4.78 is 1.59. The summed E-state index contributed by atoms with van der Waals surface area (Å²) >= 11 is 5.53. The Hall–Kier alpha value is -1.16. The van der Waals surface area contributed by atoms with E-state index in [0.717, 1.165) is 0 Å². The Kier molecular flexibility index (Phi) is 1.47. The topological polar surface area (TPSA) is 43.1 Å². The first-order chi connectivity index (χ1) is 5.40. The number of rotatable bonds is 1. The summed E-state index contributed by atoms with van der Waals surface area (Å²) in [5.74, 6) is 1.51. The van der Waals surface area contributed by atoms with Crippen molar-refractivity contribution in [2.75, 3.05) is 0 Å². The van der Waals surface area contributed by atoms with Gasteiger partial charge in [-0.05, 0) is 6.07 Å². The lowest BCUT2D eigenvalue weighted by molar-refractivity contribution is 0.910. The third kappa shape index (κ3) is 1.05. The molecule has 56 valence electrons. The molecule has 11 heavy (non-hydrogen) atoms. The van der Waals surface area contributed by atoms with Crippen molar-refractivity contribution in [2.45, 2.75) is 5.88 Å². The van der Waals surface area contributed by atoms with Crippen LogP contribution in [0.2, 0.25) is 0 Å². The third-order valence-electron chi connectivity index (χ3n) is 1.28. The fourth-order valence-electron chi connectivity index (χ4n) is 0.832. The summed E-state index contributed by atoms with van der Waals surface area (Å²) in [6, 6.07) is 1.79. The average molecular weight is 169 g/mol. The standard InChI is InChI=1S/C6H5ClN4/c7-4-5-9-6-8-2-1-3-11(6)10-5/h1-3H,4H2. The maximum atomic E-state index is 5.53. The Morgan fingerprint density at radius 1 is 1.55 bits per heavy atom. The van der Waals surface area contributed by atoms with Crippen molar-refractivity contribution >= 4 is 17.4 Å². The molecule has 2 heterocycles. The van der Waals surface area contributed by atoms with E-state index in [-0.39, 0.29) is 0 Å². The number of halogens is 1. The first kappa shape index (κ1) is 6.54. The molecule has 2 aromatic heterocycles. The predicted molar refractivity (Wildman–Crippen MR) is 40.3 cm³/mol. The fourth-order valence-corrected chi connectivity index (χ4v) is 0.946. The summed E-state index contributed by atoms with van der Waals surface area (Å²) in [5, 5.41) is 4.04. The van der Waals surface area contributed by atoms with Crippen LogP contribution in [0.4, 0.5) is 0 Å². The summed E-state index contributed by atoms with van der Waals surface area (Å²) in [4.78, 5) is 8.02. The van der Waals surface area contributed by atoms with Crippen molar-refractivity contribution in [3.05, 3.63) is 24.3 Å². The molecule has 0 aliphatic heterocycles. The lowest BCUT2D eigenvalue weighted by Crippen LogP contribution is -1.87. The highest BCUT2D eigenvalue weighted by atomic mass is 35.5. The summed E-state index contributed by atoms with van der Waals surface area (Å²) in [6.45, 7) is 0. The first-order valence-electron chi connectivity index (χ1n) is 3.12. The summed E-state index contributed by atoms with van der Waals surface area (Å²) in [5.41, 5.74) is 0. The van der Waals surface area contributed by atoms with Crippen LogP contribution in [0.3, 0.4) is 0 Å². The zero-order valence-corrected chi connectivity index (χ0v) is 6.36. The van der Waals surface area contributed by atoms with Crippen LogP contribution in [0.5, 0.6) is 0 Å². The second-order valence-electron chi connectivity index (χ2n) is 2.03. The van der Waals surface area contributed by atoms with E-state index in [9.17, 15) is 0 Å². The molecular weight excluding hydrogens is 164 g/mol. The van der Waals surface area contributed by atoms with Crippen molar-refractivity contribution < 1.29 is 0 Å². The van der Waals surface area contributed by atoms with Crippen LogP contribution in [0.15, 0.2) is 18.5 Å². The van der Waals surface area contributed by atoms with Gasteiger partial charge in [0.2, 0.25) is 0 Å². The Labute approximate surface area is 67.8 Å². The van der Waals surface area contributed by atoms with E-state index in [1.165, 1.54) is 0 Å². The van der Waals surface area contributed by atoms with Gasteiger partial charge in [-0.1, -0.05) is 0 Å². The molecule has 2 aromatic rings. The van der Waals surface area contributed by atoms with Gasteiger partial charge in [-0.3, -0.25) is 0 Å². The lowest BCUT2D eigenvalue weighted by atomic mass is 10.7. The Morgan fingerprint density at radius 3 is 3.18 bits per heavy atom. The molecule has 0 radical (unpaired) electrons. The Bertz CT molecular complexity index is 336. The minimum atomic E-state index is 0.323. The van der Waals surface area contributed by atoms with Crippen LogP contribution >= 0.6 is 11.6 Å². The number of hydrogen-bond acceptors (Lipinski definition) is 3. The fraction of sp³-hybridized carbons (Fsp3) is 0.167. The van der Waals surface area contributed by atoms with Gasteiger partial charge in [0.05, 0.1) is 5.88 Å². The Balaban J connectivity index is 2.69. The second kappa shape index (κ2) is 2.47. The number of hydrogen-bond donors (Lipinski definition) is 0. The molecular formula is C6H5ClN4.